The highest BCUT2D eigenvalue weighted by atomic mass is 19.1. The van der Waals surface area contributed by atoms with Gasteiger partial charge in [-0.15, -0.1) is 0 Å². The lowest BCUT2D eigenvalue weighted by atomic mass is 9.73. The second-order valence-corrected chi connectivity index (χ2v) is 10.8. The molecule has 1 aliphatic carbocycles. The number of halogens is 1. The molecule has 2 fully saturated rings. The molecule has 4 rings (SSSR count). The zero-order valence-electron chi connectivity index (χ0n) is 22.1. The van der Waals surface area contributed by atoms with Gasteiger partial charge in [-0.3, -0.25) is 4.79 Å². The van der Waals surface area contributed by atoms with Gasteiger partial charge in [0, 0.05) is 50.2 Å². The predicted octanol–water partition coefficient (Wildman–Crippen LogP) is 5.30. The smallest absolute Gasteiger partial charge is 0.225 e. The van der Waals surface area contributed by atoms with Gasteiger partial charge in [0.1, 0.15) is 5.75 Å². The molecule has 0 aromatic heterocycles. The fourth-order valence-corrected chi connectivity index (χ4v) is 6.02. The number of likely N-dealkylation sites (tertiary alicyclic amines) is 1. The molecule has 0 spiro atoms. The van der Waals surface area contributed by atoms with Gasteiger partial charge < -0.3 is 25.2 Å². The Morgan fingerprint density at radius 3 is 2.73 bits per heavy atom. The van der Waals surface area contributed by atoms with Crippen LogP contribution in [0.15, 0.2) is 42.5 Å². The number of aryl methyl sites for hydroxylation is 1. The first-order chi connectivity index (χ1) is 17.8. The van der Waals surface area contributed by atoms with Crippen molar-refractivity contribution in [1.29, 1.82) is 0 Å². The molecule has 2 aromatic carbocycles. The van der Waals surface area contributed by atoms with Crippen LogP contribution >= 0.6 is 0 Å². The minimum atomic E-state index is -1.36. The van der Waals surface area contributed by atoms with Gasteiger partial charge in [-0.05, 0) is 82.1 Å². The van der Waals surface area contributed by atoms with Crippen molar-refractivity contribution in [3.8, 4) is 11.5 Å². The molecule has 2 aliphatic rings. The average molecular weight is 513 g/mol. The maximum Gasteiger partial charge on any atom is 0.225 e. The van der Waals surface area contributed by atoms with Crippen LogP contribution in [0.3, 0.4) is 0 Å². The van der Waals surface area contributed by atoms with Crippen molar-refractivity contribution in [2.75, 3.05) is 26.8 Å². The molecule has 37 heavy (non-hydrogen) atoms. The van der Waals surface area contributed by atoms with E-state index in [0.29, 0.717) is 43.9 Å². The van der Waals surface area contributed by atoms with Gasteiger partial charge in [0.2, 0.25) is 5.91 Å². The molecule has 3 N–H and O–H groups in total. The van der Waals surface area contributed by atoms with Crippen LogP contribution in [0.25, 0.3) is 0 Å². The molecule has 7 heteroatoms. The Kier molecular flexibility index (Phi) is 9.22. The quantitative estimate of drug-likeness (QED) is 0.422. The number of nitrogens with zero attached hydrogens (tertiary/aromatic N) is 1. The molecule has 1 heterocycles. The van der Waals surface area contributed by atoms with Crippen molar-refractivity contribution < 1.29 is 23.8 Å². The van der Waals surface area contributed by atoms with Crippen LogP contribution in [-0.4, -0.2) is 48.8 Å². The monoisotopic (exact) mass is 512 g/mol. The number of nitrogens with two attached hydrogens (primary N) is 1. The molecule has 0 radical (unpaired) electrons. The Hall–Kier alpha value is -2.48. The number of unbranched alkanes of at least 4 members (excludes halogenated alkanes) is 1. The Morgan fingerprint density at radius 2 is 2.00 bits per heavy atom. The number of ether oxygens (including phenoxy) is 2. The number of para-hydroxylation sites is 1. The molecule has 1 saturated carbocycles. The van der Waals surface area contributed by atoms with E-state index >= 15 is 4.39 Å². The highest BCUT2D eigenvalue weighted by Gasteiger charge is 2.44. The Labute approximate surface area is 219 Å². The van der Waals surface area contributed by atoms with Gasteiger partial charge in [-0.25, -0.2) is 4.39 Å². The predicted molar refractivity (Wildman–Crippen MR) is 142 cm³/mol. The van der Waals surface area contributed by atoms with E-state index in [2.05, 4.69) is 0 Å². The summed E-state index contributed by atoms with van der Waals surface area (Å²) in [5.74, 6) is -0.103. The number of methoxy groups -OCH3 is 1. The molecule has 6 nitrogen and oxygen atoms in total. The summed E-state index contributed by atoms with van der Waals surface area (Å²) in [4.78, 5) is 15.2. The third kappa shape index (κ3) is 6.51. The zero-order chi connectivity index (χ0) is 26.4. The molecule has 2 aromatic rings. The Morgan fingerprint density at radius 1 is 1.19 bits per heavy atom. The Balaban J connectivity index is 1.65. The minimum absolute atomic E-state index is 0.0436. The second-order valence-electron chi connectivity index (χ2n) is 10.8. The maximum absolute atomic E-state index is 15.3. The molecule has 1 saturated heterocycles. The van der Waals surface area contributed by atoms with Crippen molar-refractivity contribution in [2.45, 2.75) is 69.9 Å². The first kappa shape index (κ1) is 27.6. The largest absolute Gasteiger partial charge is 0.454 e. The van der Waals surface area contributed by atoms with Gasteiger partial charge in [0.15, 0.2) is 11.6 Å². The summed E-state index contributed by atoms with van der Waals surface area (Å²) in [5, 5.41) is 12.4. The summed E-state index contributed by atoms with van der Waals surface area (Å²) in [7, 11) is 1.66. The van der Waals surface area contributed by atoms with Gasteiger partial charge in [0.05, 0.1) is 5.60 Å². The van der Waals surface area contributed by atoms with E-state index in [-0.39, 0.29) is 29.5 Å². The first-order valence-corrected chi connectivity index (χ1v) is 13.6. The van der Waals surface area contributed by atoms with Crippen molar-refractivity contribution in [2.24, 2.45) is 17.6 Å². The van der Waals surface area contributed by atoms with Crippen molar-refractivity contribution >= 4 is 5.91 Å². The van der Waals surface area contributed by atoms with E-state index in [9.17, 15) is 9.90 Å². The summed E-state index contributed by atoms with van der Waals surface area (Å²) >= 11 is 0. The summed E-state index contributed by atoms with van der Waals surface area (Å²) in [5.41, 5.74) is 6.15. The van der Waals surface area contributed by atoms with Crippen molar-refractivity contribution in [3.63, 3.8) is 0 Å². The third-order valence-corrected chi connectivity index (χ3v) is 8.03. The van der Waals surface area contributed by atoms with Crippen LogP contribution in [0.5, 0.6) is 11.5 Å². The van der Waals surface area contributed by atoms with Gasteiger partial charge in [-0.2, -0.15) is 0 Å². The highest BCUT2D eigenvalue weighted by molar-refractivity contribution is 5.79. The fourth-order valence-electron chi connectivity index (χ4n) is 6.02. The van der Waals surface area contributed by atoms with E-state index < -0.39 is 11.4 Å². The van der Waals surface area contributed by atoms with Crippen LogP contribution in [0, 0.1) is 24.6 Å². The number of amides is 1. The number of hydrogen-bond donors (Lipinski definition) is 2. The van der Waals surface area contributed by atoms with Crippen LogP contribution < -0.4 is 10.5 Å². The van der Waals surface area contributed by atoms with Gasteiger partial charge >= 0.3 is 0 Å². The minimum Gasteiger partial charge on any atom is -0.454 e. The van der Waals surface area contributed by atoms with E-state index in [1.54, 1.807) is 25.3 Å². The van der Waals surface area contributed by atoms with Gasteiger partial charge in [-0.1, -0.05) is 24.3 Å². The van der Waals surface area contributed by atoms with Crippen molar-refractivity contribution in [1.82, 2.24) is 4.90 Å². The first-order valence-electron chi connectivity index (χ1n) is 13.6. The van der Waals surface area contributed by atoms with Crippen LogP contribution in [-0.2, 0) is 15.1 Å². The standard InChI is InChI=1S/C30H41FN2O4/c1-21-8-5-10-25(18-21)37-28-26(11-6-12-27(28)31)30(35,15-3-4-17-36-2)23-9-7-16-33(20-23)29(34)22-13-14-24(32)19-22/h5-6,8,10-12,18,22-24,35H,3-4,7,9,13-17,19-20,32H2,1-2H3/t22-,23-,24+,30+/m1/s1. The molecular weight excluding hydrogens is 471 g/mol. The third-order valence-electron chi connectivity index (χ3n) is 8.03. The fraction of sp³-hybridized carbons (Fsp3) is 0.567. The highest BCUT2D eigenvalue weighted by Crippen LogP contribution is 2.45. The molecular formula is C30H41FN2O4. The van der Waals surface area contributed by atoms with E-state index in [4.69, 9.17) is 15.2 Å². The molecule has 202 valence electrons. The van der Waals surface area contributed by atoms with Crippen LogP contribution in [0.1, 0.15) is 62.5 Å². The van der Waals surface area contributed by atoms with Gasteiger partial charge in [0.25, 0.3) is 0 Å². The maximum atomic E-state index is 15.3. The topological polar surface area (TPSA) is 85.0 Å². The molecule has 0 unspecified atom stereocenters. The number of rotatable bonds is 10. The SMILES string of the molecule is COCCCC[C@@](O)(c1cccc(F)c1Oc1cccc(C)c1)[C@@H]1CCCN(C(=O)[C@@H]2CC[C@H](N)C2)C1. The normalized spacial score (nSPS) is 23.6. The number of aliphatic hydroxyl groups is 1. The number of benzene rings is 2. The molecule has 4 atom stereocenters. The van der Waals surface area contributed by atoms with E-state index in [0.717, 1.165) is 44.1 Å². The average Bonchev–Trinajstić information content (AvgIpc) is 3.33. The lowest BCUT2D eigenvalue weighted by Gasteiger charge is -2.44. The Bertz CT molecular complexity index is 1060. The van der Waals surface area contributed by atoms with Crippen LogP contribution in [0.2, 0.25) is 0 Å². The summed E-state index contributed by atoms with van der Waals surface area (Å²) < 4.78 is 26.6. The lowest BCUT2D eigenvalue weighted by molar-refractivity contribution is -0.141. The lowest BCUT2D eigenvalue weighted by Crippen LogP contribution is -2.49. The number of piperidine rings is 1. The number of hydrogen-bond acceptors (Lipinski definition) is 5. The summed E-state index contributed by atoms with van der Waals surface area (Å²) in [6.07, 6.45) is 5.85. The summed E-state index contributed by atoms with van der Waals surface area (Å²) in [6, 6.07) is 12.3. The molecule has 0 bridgehead atoms. The van der Waals surface area contributed by atoms with Crippen molar-refractivity contribution in [3.05, 3.63) is 59.4 Å². The summed E-state index contributed by atoms with van der Waals surface area (Å²) in [6.45, 7) is 3.65. The number of carbonyl (C=O) groups excluding carboxylic acids is 1. The van der Waals surface area contributed by atoms with E-state index in [1.807, 2.05) is 30.0 Å². The molecule has 1 amide bonds. The van der Waals surface area contributed by atoms with E-state index in [1.165, 1.54) is 6.07 Å². The van der Waals surface area contributed by atoms with Crippen LogP contribution in [0.4, 0.5) is 4.39 Å². The molecule has 1 aliphatic heterocycles. The zero-order valence-corrected chi connectivity index (χ0v) is 22.1. The number of carbonyl (C=O) groups is 1. The second kappa shape index (κ2) is 12.4.